The van der Waals surface area contributed by atoms with E-state index in [9.17, 15) is 9.59 Å². The van der Waals surface area contributed by atoms with Crippen LogP contribution in [0.1, 0.15) is 90.2 Å². The molecule has 0 radical (unpaired) electrons. The van der Waals surface area contributed by atoms with Crippen molar-refractivity contribution in [1.82, 2.24) is 19.4 Å². The number of carbonyl (C=O) groups is 1. The van der Waals surface area contributed by atoms with Gasteiger partial charge in [0.05, 0.1) is 5.92 Å². The number of benzene rings is 1. The van der Waals surface area contributed by atoms with E-state index >= 15 is 0 Å². The quantitative estimate of drug-likeness (QED) is 0.295. The highest BCUT2D eigenvalue weighted by Gasteiger charge is 2.29. The molecule has 2 saturated carbocycles. The van der Waals surface area contributed by atoms with Gasteiger partial charge in [0.2, 0.25) is 5.95 Å². The summed E-state index contributed by atoms with van der Waals surface area (Å²) in [5.41, 5.74) is 1.49. The lowest BCUT2D eigenvalue weighted by Crippen LogP contribution is -2.38. The molecule has 0 bridgehead atoms. The van der Waals surface area contributed by atoms with Gasteiger partial charge >= 0.3 is 5.97 Å². The third kappa shape index (κ3) is 6.02. The average molecular weight is 546 g/mol. The van der Waals surface area contributed by atoms with Crippen LogP contribution in [0.5, 0.6) is 0 Å². The lowest BCUT2D eigenvalue weighted by atomic mass is 9.94. The molecule has 8 heteroatoms. The van der Waals surface area contributed by atoms with E-state index in [4.69, 9.17) is 9.72 Å². The summed E-state index contributed by atoms with van der Waals surface area (Å²) in [7, 11) is 0. The molecule has 3 heterocycles. The Bertz CT molecular complexity index is 1440. The lowest BCUT2D eigenvalue weighted by Gasteiger charge is -2.32. The summed E-state index contributed by atoms with van der Waals surface area (Å²) in [6, 6.07) is 6.46. The molecule has 1 aliphatic heterocycles. The van der Waals surface area contributed by atoms with Crippen molar-refractivity contribution in [3.8, 4) is 0 Å². The number of pyridine rings is 1. The molecule has 0 unspecified atom stereocenters. The number of nitrogens with one attached hydrogen (secondary N) is 1. The number of carbonyl (C=O) groups excluding carboxylic acids is 1. The van der Waals surface area contributed by atoms with Crippen molar-refractivity contribution < 1.29 is 9.53 Å². The molecule has 0 amide bonds. The minimum absolute atomic E-state index is 0.0372. The topological polar surface area (TPSA) is 89.4 Å². The van der Waals surface area contributed by atoms with Crippen molar-refractivity contribution in [1.29, 1.82) is 0 Å². The normalized spacial score (nSPS) is 19.8. The number of ether oxygens (including phenoxy) is 1. The maximum atomic E-state index is 14.1. The first-order valence-electron chi connectivity index (χ1n) is 15.3. The number of hydrogen-bond donors (Lipinski definition) is 1. The molecule has 1 aromatic carbocycles. The Morgan fingerprint density at radius 1 is 1.00 bits per heavy atom. The van der Waals surface area contributed by atoms with Crippen molar-refractivity contribution in [3.05, 3.63) is 40.3 Å². The van der Waals surface area contributed by atoms with E-state index < -0.39 is 5.60 Å². The smallest absolute Gasteiger partial charge is 0.309 e. The Balaban J connectivity index is 1.27. The van der Waals surface area contributed by atoms with Gasteiger partial charge in [-0.15, -0.1) is 0 Å². The van der Waals surface area contributed by atoms with Crippen LogP contribution in [0, 0.1) is 11.8 Å². The van der Waals surface area contributed by atoms with E-state index in [0.29, 0.717) is 5.95 Å². The summed E-state index contributed by atoms with van der Waals surface area (Å²) in [6.07, 6.45) is 11.6. The molecule has 1 N–H and O–H groups in total. The van der Waals surface area contributed by atoms with E-state index in [0.717, 1.165) is 98.0 Å². The van der Waals surface area contributed by atoms with E-state index in [1.54, 1.807) is 0 Å². The van der Waals surface area contributed by atoms with Crippen LogP contribution in [0.15, 0.2) is 29.2 Å². The second-order valence-electron chi connectivity index (χ2n) is 13.2. The van der Waals surface area contributed by atoms with Gasteiger partial charge in [-0.05, 0) is 95.3 Å². The number of anilines is 1. The van der Waals surface area contributed by atoms with Crippen LogP contribution >= 0.6 is 0 Å². The standard InChI is InChI=1S/C32H43N5O3/c1-32(2,3)40-30(39)23-13-15-36(16-14-23)20-22-11-12-25-26(17-22)29(38)37(24-7-5-4-6-8-24)28-27(25)19-34-31(35-28)33-18-21-9-10-21/h11-12,17,19,21,23-24H,4-10,13-16,18,20H2,1-3H3,(H,33,34,35). The molecule has 8 nitrogen and oxygen atoms in total. The number of rotatable bonds is 7. The Labute approximate surface area is 236 Å². The maximum Gasteiger partial charge on any atom is 0.309 e. The largest absolute Gasteiger partial charge is 0.460 e. The highest BCUT2D eigenvalue weighted by molar-refractivity contribution is 6.04. The monoisotopic (exact) mass is 545 g/mol. The van der Waals surface area contributed by atoms with E-state index in [2.05, 4.69) is 33.4 Å². The van der Waals surface area contributed by atoms with Gasteiger partial charge < -0.3 is 10.1 Å². The van der Waals surface area contributed by atoms with Gasteiger partial charge in [-0.3, -0.25) is 19.1 Å². The molecule has 3 aromatic rings. The Morgan fingerprint density at radius 2 is 1.75 bits per heavy atom. The predicted molar refractivity (Wildman–Crippen MR) is 158 cm³/mol. The van der Waals surface area contributed by atoms with Gasteiger partial charge in [0, 0.05) is 36.1 Å². The van der Waals surface area contributed by atoms with E-state index in [1.165, 1.54) is 19.3 Å². The predicted octanol–water partition coefficient (Wildman–Crippen LogP) is 5.83. The van der Waals surface area contributed by atoms with Crippen LogP contribution in [0.3, 0.4) is 0 Å². The van der Waals surface area contributed by atoms with Crippen LogP contribution < -0.4 is 10.9 Å². The van der Waals surface area contributed by atoms with Crippen molar-refractivity contribution in [2.45, 2.75) is 96.7 Å². The van der Waals surface area contributed by atoms with Crippen molar-refractivity contribution in [3.63, 3.8) is 0 Å². The average Bonchev–Trinajstić information content (AvgIpc) is 3.77. The number of piperidine rings is 1. The number of fused-ring (bicyclic) bond motifs is 3. The van der Waals surface area contributed by atoms with Crippen LogP contribution in [-0.4, -0.2) is 50.6 Å². The SMILES string of the molecule is CC(C)(C)OC(=O)C1CCN(Cc2ccc3c(c2)c(=O)n(C2CCCCC2)c2nc(NCC4CC4)ncc32)CC1. The summed E-state index contributed by atoms with van der Waals surface area (Å²) in [5, 5.41) is 6.02. The van der Waals surface area contributed by atoms with Gasteiger partial charge in [0.25, 0.3) is 5.56 Å². The Kier molecular flexibility index (Phi) is 7.55. The molecule has 40 heavy (non-hydrogen) atoms. The number of likely N-dealkylation sites (tertiary alicyclic amines) is 1. The van der Waals surface area contributed by atoms with Gasteiger partial charge in [0.15, 0.2) is 0 Å². The van der Waals surface area contributed by atoms with Gasteiger partial charge in [0.1, 0.15) is 11.2 Å². The van der Waals surface area contributed by atoms with Crippen LogP contribution in [0.2, 0.25) is 0 Å². The van der Waals surface area contributed by atoms with Crippen molar-refractivity contribution in [2.75, 3.05) is 25.0 Å². The van der Waals surface area contributed by atoms with E-state index in [1.807, 2.05) is 31.5 Å². The summed E-state index contributed by atoms with van der Waals surface area (Å²) in [4.78, 5) is 38.6. The number of aromatic nitrogens is 3. The first-order chi connectivity index (χ1) is 19.2. The number of nitrogens with zero attached hydrogens (tertiary/aromatic N) is 4. The molecule has 2 aliphatic carbocycles. The summed E-state index contributed by atoms with van der Waals surface area (Å²) >= 11 is 0. The fourth-order valence-electron chi connectivity index (χ4n) is 6.36. The fraction of sp³-hybridized carbons (Fsp3) is 0.625. The Hall–Kier alpha value is -3.00. The maximum absolute atomic E-state index is 14.1. The number of esters is 1. The molecule has 2 aromatic heterocycles. The zero-order valence-corrected chi connectivity index (χ0v) is 24.2. The molecule has 1 saturated heterocycles. The zero-order chi connectivity index (χ0) is 27.9. The van der Waals surface area contributed by atoms with Crippen LogP contribution in [0.4, 0.5) is 5.95 Å². The Morgan fingerprint density at radius 3 is 2.45 bits per heavy atom. The third-order valence-corrected chi connectivity index (χ3v) is 8.74. The summed E-state index contributed by atoms with van der Waals surface area (Å²) in [5.74, 6) is 1.22. The van der Waals surface area contributed by atoms with Gasteiger partial charge in [-0.1, -0.05) is 31.4 Å². The molecule has 6 rings (SSSR count). The van der Waals surface area contributed by atoms with Gasteiger partial charge in [-0.2, -0.15) is 4.98 Å². The third-order valence-electron chi connectivity index (χ3n) is 8.74. The number of hydrogen-bond acceptors (Lipinski definition) is 7. The second-order valence-corrected chi connectivity index (χ2v) is 13.2. The molecule has 3 aliphatic rings. The first kappa shape index (κ1) is 27.2. The highest BCUT2D eigenvalue weighted by atomic mass is 16.6. The molecule has 214 valence electrons. The molecular formula is C32H43N5O3. The molecule has 0 atom stereocenters. The van der Waals surface area contributed by atoms with Crippen molar-refractivity contribution in [2.24, 2.45) is 11.8 Å². The highest BCUT2D eigenvalue weighted by Crippen LogP contribution is 2.33. The van der Waals surface area contributed by atoms with Crippen LogP contribution in [-0.2, 0) is 16.1 Å². The second kappa shape index (κ2) is 11.1. The molecular weight excluding hydrogens is 502 g/mol. The zero-order valence-electron chi connectivity index (χ0n) is 24.2. The van der Waals surface area contributed by atoms with Crippen LogP contribution in [0.25, 0.3) is 21.8 Å². The molecule has 3 fully saturated rings. The van der Waals surface area contributed by atoms with E-state index in [-0.39, 0.29) is 23.5 Å². The fourth-order valence-corrected chi connectivity index (χ4v) is 6.36. The minimum atomic E-state index is -0.451. The van der Waals surface area contributed by atoms with Crippen molar-refractivity contribution >= 4 is 33.7 Å². The summed E-state index contributed by atoms with van der Waals surface area (Å²) in [6.45, 7) is 9.10. The first-order valence-corrected chi connectivity index (χ1v) is 15.3. The molecule has 0 spiro atoms. The van der Waals surface area contributed by atoms with Gasteiger partial charge in [-0.25, -0.2) is 4.98 Å². The summed E-state index contributed by atoms with van der Waals surface area (Å²) < 4.78 is 7.60. The lowest BCUT2D eigenvalue weighted by molar-refractivity contribution is -0.161. The minimum Gasteiger partial charge on any atom is -0.460 e.